The first kappa shape index (κ1) is 16.4. The molecule has 23 heavy (non-hydrogen) atoms. The second kappa shape index (κ2) is 7.35. The first-order valence-corrected chi connectivity index (χ1v) is 6.78. The van der Waals surface area contributed by atoms with E-state index in [4.69, 9.17) is 5.11 Å². The van der Waals surface area contributed by atoms with E-state index in [9.17, 15) is 18.4 Å². The number of hydrogen-bond acceptors (Lipinski definition) is 3. The van der Waals surface area contributed by atoms with Crippen LogP contribution in [0.3, 0.4) is 0 Å². The smallest absolute Gasteiger partial charge is 0.254 e. The average Bonchev–Trinajstić information content (AvgIpc) is 2.51. The van der Waals surface area contributed by atoms with E-state index < -0.39 is 17.5 Å². The predicted molar refractivity (Wildman–Crippen MR) is 79.1 cm³/mol. The average molecular weight is 320 g/mol. The molecule has 7 heteroatoms. The maximum absolute atomic E-state index is 13.4. The van der Waals surface area contributed by atoms with Gasteiger partial charge in [0.15, 0.2) is 0 Å². The van der Waals surface area contributed by atoms with Crippen LogP contribution in [0.25, 0.3) is 0 Å². The molecule has 0 aliphatic heterocycles. The van der Waals surface area contributed by atoms with Crippen LogP contribution in [0, 0.1) is 11.6 Å². The molecular formula is C16H14F2N2O3. The molecule has 0 spiro atoms. The van der Waals surface area contributed by atoms with Gasteiger partial charge in [0.2, 0.25) is 0 Å². The maximum atomic E-state index is 13.4. The Morgan fingerprint density at radius 1 is 0.913 bits per heavy atom. The molecule has 0 bridgehead atoms. The normalized spacial score (nSPS) is 10.2. The number of hydrogen-bond donors (Lipinski definition) is 3. The third-order valence-electron chi connectivity index (χ3n) is 3.00. The van der Waals surface area contributed by atoms with E-state index in [0.29, 0.717) is 11.6 Å². The molecule has 0 aliphatic rings. The summed E-state index contributed by atoms with van der Waals surface area (Å²) in [5.74, 6) is -2.72. The lowest BCUT2D eigenvalue weighted by Crippen LogP contribution is -2.35. The Labute approximate surface area is 130 Å². The van der Waals surface area contributed by atoms with Crippen molar-refractivity contribution in [3.63, 3.8) is 0 Å². The number of carbonyl (C=O) groups is 2. The third kappa shape index (κ3) is 4.50. The fourth-order valence-corrected chi connectivity index (χ4v) is 1.84. The number of benzene rings is 2. The fraction of sp³-hybridized carbons (Fsp3) is 0.125. The molecule has 5 nitrogen and oxygen atoms in total. The van der Waals surface area contributed by atoms with Crippen molar-refractivity contribution >= 4 is 11.8 Å². The summed E-state index contributed by atoms with van der Waals surface area (Å²) >= 11 is 0. The molecule has 0 fully saturated rings. The number of carbonyl (C=O) groups excluding carboxylic acids is 2. The van der Waals surface area contributed by atoms with Crippen LogP contribution in [0.1, 0.15) is 20.7 Å². The van der Waals surface area contributed by atoms with Crippen LogP contribution in [0.4, 0.5) is 8.78 Å². The van der Waals surface area contributed by atoms with Gasteiger partial charge in [0.25, 0.3) is 11.8 Å². The van der Waals surface area contributed by atoms with Crippen molar-refractivity contribution in [3.05, 3.63) is 65.2 Å². The fourth-order valence-electron chi connectivity index (χ4n) is 1.84. The third-order valence-corrected chi connectivity index (χ3v) is 3.00. The van der Waals surface area contributed by atoms with E-state index in [-0.39, 0.29) is 30.3 Å². The van der Waals surface area contributed by atoms with Crippen LogP contribution in [0.2, 0.25) is 0 Å². The lowest BCUT2D eigenvalue weighted by Gasteiger charge is -2.08. The Morgan fingerprint density at radius 3 is 2.13 bits per heavy atom. The molecule has 0 saturated carbocycles. The molecule has 2 amide bonds. The van der Waals surface area contributed by atoms with Crippen LogP contribution < -0.4 is 10.6 Å². The van der Waals surface area contributed by atoms with Gasteiger partial charge in [-0.15, -0.1) is 0 Å². The molecule has 2 aromatic carbocycles. The highest BCUT2D eigenvalue weighted by Gasteiger charge is 2.12. The highest BCUT2D eigenvalue weighted by atomic mass is 19.1. The molecule has 0 aliphatic carbocycles. The summed E-state index contributed by atoms with van der Waals surface area (Å²) in [5.41, 5.74) is 0.0926. The number of halogens is 2. The maximum Gasteiger partial charge on any atom is 0.254 e. The Bertz CT molecular complexity index is 718. The summed E-state index contributed by atoms with van der Waals surface area (Å²) < 4.78 is 26.2. The molecule has 0 unspecified atom stereocenters. The van der Waals surface area contributed by atoms with Crippen molar-refractivity contribution in [3.8, 4) is 5.75 Å². The van der Waals surface area contributed by atoms with Gasteiger partial charge in [-0.3, -0.25) is 9.59 Å². The molecule has 2 aromatic rings. The molecule has 0 atom stereocenters. The lowest BCUT2D eigenvalue weighted by molar-refractivity contribution is 0.0925. The molecule has 2 rings (SSSR count). The number of phenols is 1. The van der Waals surface area contributed by atoms with Gasteiger partial charge in [-0.25, -0.2) is 8.78 Å². The van der Waals surface area contributed by atoms with Crippen molar-refractivity contribution in [2.75, 3.05) is 13.1 Å². The van der Waals surface area contributed by atoms with Gasteiger partial charge in [-0.1, -0.05) is 0 Å². The highest BCUT2D eigenvalue weighted by molar-refractivity contribution is 5.95. The van der Waals surface area contributed by atoms with Crippen LogP contribution in [-0.2, 0) is 0 Å². The SMILES string of the molecule is O=C(NCCNC(=O)c1ccc(F)cc1F)c1ccc(O)cc1. The van der Waals surface area contributed by atoms with Crippen LogP contribution in [0.15, 0.2) is 42.5 Å². The minimum absolute atomic E-state index is 0.0511. The van der Waals surface area contributed by atoms with E-state index in [2.05, 4.69) is 10.6 Å². The Kier molecular flexibility index (Phi) is 5.24. The van der Waals surface area contributed by atoms with Gasteiger partial charge in [0.05, 0.1) is 5.56 Å². The second-order valence-electron chi connectivity index (χ2n) is 4.68. The Hall–Kier alpha value is -2.96. The van der Waals surface area contributed by atoms with Crippen LogP contribution in [-0.4, -0.2) is 30.0 Å². The minimum atomic E-state index is -0.948. The van der Waals surface area contributed by atoms with Crippen molar-refractivity contribution in [1.29, 1.82) is 0 Å². The monoisotopic (exact) mass is 320 g/mol. The highest BCUT2D eigenvalue weighted by Crippen LogP contribution is 2.10. The van der Waals surface area contributed by atoms with Gasteiger partial charge in [0.1, 0.15) is 17.4 Å². The van der Waals surface area contributed by atoms with E-state index in [0.717, 1.165) is 12.1 Å². The predicted octanol–water partition coefficient (Wildman–Crippen LogP) is 1.83. The number of aromatic hydroxyl groups is 1. The van der Waals surface area contributed by atoms with Crippen molar-refractivity contribution in [2.24, 2.45) is 0 Å². The Morgan fingerprint density at radius 2 is 1.52 bits per heavy atom. The summed E-state index contributed by atoms with van der Waals surface area (Å²) in [4.78, 5) is 23.5. The zero-order valence-corrected chi connectivity index (χ0v) is 12.0. The van der Waals surface area contributed by atoms with Crippen molar-refractivity contribution in [1.82, 2.24) is 10.6 Å². The molecule has 0 heterocycles. The summed E-state index contributed by atoms with van der Waals surface area (Å²) in [6.07, 6.45) is 0. The zero-order chi connectivity index (χ0) is 16.8. The van der Waals surface area contributed by atoms with Gasteiger partial charge in [-0.05, 0) is 36.4 Å². The summed E-state index contributed by atoms with van der Waals surface area (Å²) in [6.45, 7) is 0.216. The van der Waals surface area contributed by atoms with Crippen LogP contribution >= 0.6 is 0 Å². The zero-order valence-electron chi connectivity index (χ0n) is 12.0. The molecule has 3 N–H and O–H groups in total. The van der Waals surface area contributed by atoms with Crippen molar-refractivity contribution in [2.45, 2.75) is 0 Å². The molecule has 0 radical (unpaired) electrons. The number of rotatable bonds is 5. The molecule has 120 valence electrons. The molecule has 0 aromatic heterocycles. The standard InChI is InChI=1S/C16H14F2N2O3/c17-11-3-6-13(14(18)9-11)16(23)20-8-7-19-15(22)10-1-4-12(21)5-2-10/h1-6,9,21H,7-8H2,(H,19,22)(H,20,23). The van der Waals surface area contributed by atoms with E-state index in [1.165, 1.54) is 24.3 Å². The number of amides is 2. The summed E-state index contributed by atoms with van der Waals surface area (Å²) in [7, 11) is 0. The Balaban J connectivity index is 1.79. The minimum Gasteiger partial charge on any atom is -0.508 e. The first-order chi connectivity index (χ1) is 11.0. The summed E-state index contributed by atoms with van der Waals surface area (Å²) in [6, 6.07) is 8.34. The topological polar surface area (TPSA) is 78.4 Å². The molecule has 0 saturated heterocycles. The lowest BCUT2D eigenvalue weighted by atomic mass is 10.2. The van der Waals surface area contributed by atoms with Crippen LogP contribution in [0.5, 0.6) is 5.75 Å². The first-order valence-electron chi connectivity index (χ1n) is 6.78. The molecular weight excluding hydrogens is 306 g/mol. The van der Waals surface area contributed by atoms with Crippen molar-refractivity contribution < 1.29 is 23.5 Å². The van der Waals surface area contributed by atoms with E-state index in [1.54, 1.807) is 0 Å². The van der Waals surface area contributed by atoms with E-state index >= 15 is 0 Å². The van der Waals surface area contributed by atoms with Gasteiger partial charge < -0.3 is 15.7 Å². The quantitative estimate of drug-likeness (QED) is 0.736. The number of nitrogens with one attached hydrogen (secondary N) is 2. The number of phenolic OH excluding ortho intramolecular Hbond substituents is 1. The van der Waals surface area contributed by atoms with Gasteiger partial charge >= 0.3 is 0 Å². The van der Waals surface area contributed by atoms with Gasteiger partial charge in [0, 0.05) is 24.7 Å². The second-order valence-corrected chi connectivity index (χ2v) is 4.68. The van der Waals surface area contributed by atoms with E-state index in [1.807, 2.05) is 0 Å². The largest absolute Gasteiger partial charge is 0.508 e. The summed E-state index contributed by atoms with van der Waals surface area (Å²) in [5, 5.41) is 14.1. The van der Waals surface area contributed by atoms with Gasteiger partial charge in [-0.2, -0.15) is 0 Å².